The van der Waals surface area contributed by atoms with Crippen molar-refractivity contribution >= 4 is 16.9 Å². The summed E-state index contributed by atoms with van der Waals surface area (Å²) in [6.45, 7) is 1.64. The Balaban J connectivity index is 1.43. The van der Waals surface area contributed by atoms with Gasteiger partial charge < -0.3 is 14.3 Å². The van der Waals surface area contributed by atoms with E-state index >= 15 is 0 Å². The first-order valence-electron chi connectivity index (χ1n) is 10.7. The van der Waals surface area contributed by atoms with Crippen molar-refractivity contribution < 1.29 is 23.4 Å². The number of rotatable bonds is 7. The molecule has 1 fully saturated rings. The standard InChI is InChI=1S/C27H23FO4/c1-17(13-26(29)30)31-21-8-9-22(23(28)16-21)25-15-18-14-20(7-10-24(18)32-25)27(11-12-27)19-5-3-2-4-6-19/h2-10,14-17H,11-13H2,1H3,(H,29,30). The Labute approximate surface area is 185 Å². The quantitative estimate of drug-likeness (QED) is 0.361. The summed E-state index contributed by atoms with van der Waals surface area (Å²) in [5.74, 6) is -0.704. The highest BCUT2D eigenvalue weighted by Gasteiger charge is 2.45. The first kappa shape index (κ1) is 20.3. The zero-order valence-corrected chi connectivity index (χ0v) is 17.7. The van der Waals surface area contributed by atoms with Crippen molar-refractivity contribution in [3.63, 3.8) is 0 Å². The minimum atomic E-state index is -0.962. The van der Waals surface area contributed by atoms with Crippen LogP contribution in [0.1, 0.15) is 37.3 Å². The van der Waals surface area contributed by atoms with Gasteiger partial charge in [0.1, 0.15) is 29.0 Å². The lowest BCUT2D eigenvalue weighted by atomic mass is 9.87. The first-order valence-corrected chi connectivity index (χ1v) is 10.7. The van der Waals surface area contributed by atoms with Gasteiger partial charge in [-0.2, -0.15) is 0 Å². The highest BCUT2D eigenvalue weighted by Crippen LogP contribution is 2.54. The van der Waals surface area contributed by atoms with Crippen LogP contribution in [0.5, 0.6) is 5.75 Å². The summed E-state index contributed by atoms with van der Waals surface area (Å²) in [4.78, 5) is 10.8. The number of ether oxygens (including phenoxy) is 1. The maximum Gasteiger partial charge on any atom is 0.307 e. The van der Waals surface area contributed by atoms with Crippen LogP contribution in [-0.4, -0.2) is 17.2 Å². The van der Waals surface area contributed by atoms with Gasteiger partial charge in [0.05, 0.1) is 12.0 Å². The van der Waals surface area contributed by atoms with E-state index in [2.05, 4.69) is 36.4 Å². The Hall–Kier alpha value is -3.60. The summed E-state index contributed by atoms with van der Waals surface area (Å²) >= 11 is 0. The number of carbonyl (C=O) groups is 1. The van der Waals surface area contributed by atoms with E-state index in [1.807, 2.05) is 18.2 Å². The van der Waals surface area contributed by atoms with Crippen LogP contribution < -0.4 is 4.74 Å². The Kier molecular flexibility index (Phi) is 4.97. The van der Waals surface area contributed by atoms with E-state index in [0.29, 0.717) is 16.9 Å². The van der Waals surface area contributed by atoms with Crippen LogP contribution in [0.4, 0.5) is 4.39 Å². The van der Waals surface area contributed by atoms with Crippen LogP contribution in [0.25, 0.3) is 22.3 Å². The second-order valence-corrected chi connectivity index (χ2v) is 8.48. The van der Waals surface area contributed by atoms with Gasteiger partial charge in [0.15, 0.2) is 0 Å². The summed E-state index contributed by atoms with van der Waals surface area (Å²) in [6, 6.07) is 23.1. The predicted octanol–water partition coefficient (Wildman–Crippen LogP) is 6.56. The van der Waals surface area contributed by atoms with Gasteiger partial charge in [-0.15, -0.1) is 0 Å². The molecule has 1 aliphatic rings. The maximum absolute atomic E-state index is 14.8. The number of aliphatic carboxylic acids is 1. The van der Waals surface area contributed by atoms with Crippen molar-refractivity contribution in [1.29, 1.82) is 0 Å². The second-order valence-electron chi connectivity index (χ2n) is 8.48. The Morgan fingerprint density at radius 2 is 1.84 bits per heavy atom. The molecule has 0 amide bonds. The predicted molar refractivity (Wildman–Crippen MR) is 120 cm³/mol. The molecule has 1 unspecified atom stereocenters. The number of benzene rings is 3. The molecular weight excluding hydrogens is 407 g/mol. The molecule has 1 N–H and O–H groups in total. The fourth-order valence-electron chi connectivity index (χ4n) is 4.39. The van der Waals surface area contributed by atoms with E-state index in [-0.39, 0.29) is 17.6 Å². The Morgan fingerprint density at radius 1 is 1.06 bits per heavy atom. The van der Waals surface area contributed by atoms with E-state index in [1.54, 1.807) is 19.1 Å². The lowest BCUT2D eigenvalue weighted by Gasteiger charge is -2.16. The van der Waals surface area contributed by atoms with Crippen LogP contribution in [0, 0.1) is 5.82 Å². The number of fused-ring (bicyclic) bond motifs is 1. The van der Waals surface area contributed by atoms with Crippen LogP contribution in [-0.2, 0) is 10.2 Å². The van der Waals surface area contributed by atoms with Crippen molar-refractivity contribution in [2.24, 2.45) is 0 Å². The lowest BCUT2D eigenvalue weighted by molar-refractivity contribution is -0.138. The van der Waals surface area contributed by atoms with E-state index < -0.39 is 17.9 Å². The minimum absolute atomic E-state index is 0.0593. The van der Waals surface area contributed by atoms with Gasteiger partial charge in [0.2, 0.25) is 0 Å². The number of furan rings is 1. The smallest absolute Gasteiger partial charge is 0.307 e. The zero-order valence-electron chi connectivity index (χ0n) is 17.7. The third-order valence-corrected chi connectivity index (χ3v) is 6.15. The molecule has 0 aliphatic heterocycles. The average Bonchev–Trinajstić information content (AvgIpc) is 3.47. The molecular formula is C27H23FO4. The molecule has 0 radical (unpaired) electrons. The molecule has 0 bridgehead atoms. The summed E-state index contributed by atoms with van der Waals surface area (Å²) in [5, 5.41) is 9.79. The molecule has 1 aliphatic carbocycles. The van der Waals surface area contributed by atoms with Crippen molar-refractivity contribution in [1.82, 2.24) is 0 Å². The molecule has 4 nitrogen and oxygen atoms in total. The van der Waals surface area contributed by atoms with Crippen LogP contribution in [0.2, 0.25) is 0 Å². The van der Waals surface area contributed by atoms with Gasteiger partial charge in [0, 0.05) is 16.9 Å². The van der Waals surface area contributed by atoms with Crippen molar-refractivity contribution in [3.8, 4) is 17.1 Å². The number of carboxylic acids is 1. The fraction of sp³-hybridized carbons (Fsp3) is 0.222. The molecule has 0 saturated heterocycles. The average molecular weight is 430 g/mol. The molecule has 0 spiro atoms. The van der Waals surface area contributed by atoms with Gasteiger partial charge in [-0.25, -0.2) is 4.39 Å². The number of hydrogen-bond donors (Lipinski definition) is 1. The van der Waals surface area contributed by atoms with Gasteiger partial charge in [-0.05, 0) is 61.2 Å². The topological polar surface area (TPSA) is 59.7 Å². The van der Waals surface area contributed by atoms with Crippen LogP contribution in [0.3, 0.4) is 0 Å². The molecule has 1 heterocycles. The van der Waals surface area contributed by atoms with E-state index in [0.717, 1.165) is 18.2 Å². The summed E-state index contributed by atoms with van der Waals surface area (Å²) < 4.78 is 26.3. The Morgan fingerprint density at radius 3 is 2.53 bits per heavy atom. The molecule has 1 atom stereocenters. The van der Waals surface area contributed by atoms with Crippen molar-refractivity contribution in [2.45, 2.75) is 37.7 Å². The third-order valence-electron chi connectivity index (χ3n) is 6.15. The molecule has 1 saturated carbocycles. The molecule has 5 heteroatoms. The monoisotopic (exact) mass is 430 g/mol. The largest absolute Gasteiger partial charge is 0.490 e. The van der Waals surface area contributed by atoms with Crippen LogP contribution >= 0.6 is 0 Å². The molecule has 1 aromatic heterocycles. The van der Waals surface area contributed by atoms with E-state index in [1.165, 1.54) is 17.2 Å². The summed E-state index contributed by atoms with van der Waals surface area (Å²) in [7, 11) is 0. The number of carboxylic acid groups (broad SMARTS) is 1. The highest BCUT2D eigenvalue weighted by molar-refractivity contribution is 5.84. The van der Waals surface area contributed by atoms with Gasteiger partial charge in [-0.1, -0.05) is 36.4 Å². The second kappa shape index (κ2) is 7.83. The number of halogens is 1. The number of hydrogen-bond acceptors (Lipinski definition) is 3. The zero-order chi connectivity index (χ0) is 22.3. The lowest BCUT2D eigenvalue weighted by Crippen LogP contribution is -2.16. The van der Waals surface area contributed by atoms with Crippen molar-refractivity contribution in [3.05, 3.63) is 89.7 Å². The first-order chi connectivity index (χ1) is 15.4. The van der Waals surface area contributed by atoms with Crippen LogP contribution in [0.15, 0.2) is 77.2 Å². The van der Waals surface area contributed by atoms with Gasteiger partial charge in [-0.3, -0.25) is 4.79 Å². The molecule has 32 heavy (non-hydrogen) atoms. The van der Waals surface area contributed by atoms with E-state index in [4.69, 9.17) is 14.3 Å². The normalized spacial score (nSPS) is 15.4. The van der Waals surface area contributed by atoms with Gasteiger partial charge >= 0.3 is 5.97 Å². The fourth-order valence-corrected chi connectivity index (χ4v) is 4.39. The molecule has 3 aromatic carbocycles. The molecule has 4 aromatic rings. The summed E-state index contributed by atoms with van der Waals surface area (Å²) in [6.07, 6.45) is 1.52. The van der Waals surface area contributed by atoms with Gasteiger partial charge in [0.25, 0.3) is 0 Å². The third kappa shape index (κ3) is 3.75. The molecule has 5 rings (SSSR count). The minimum Gasteiger partial charge on any atom is -0.490 e. The van der Waals surface area contributed by atoms with E-state index in [9.17, 15) is 9.18 Å². The highest BCUT2D eigenvalue weighted by atomic mass is 19.1. The molecule has 162 valence electrons. The Bertz CT molecular complexity index is 1290. The SMILES string of the molecule is CC(CC(=O)O)Oc1ccc(-c2cc3cc(C4(c5ccccc5)CC4)ccc3o2)c(F)c1. The summed E-state index contributed by atoms with van der Waals surface area (Å²) in [5.41, 5.74) is 3.68. The van der Waals surface area contributed by atoms with Crippen molar-refractivity contribution in [2.75, 3.05) is 0 Å². The maximum atomic E-state index is 14.8.